The molecule has 3 nitrogen and oxygen atoms in total. The number of fused-ring (bicyclic) bond motifs is 1. The predicted octanol–water partition coefficient (Wildman–Crippen LogP) is 4.51. The summed E-state index contributed by atoms with van der Waals surface area (Å²) in [6.45, 7) is -0.0550. The van der Waals surface area contributed by atoms with Crippen LogP contribution in [0.3, 0.4) is 0 Å². The summed E-state index contributed by atoms with van der Waals surface area (Å²) in [5.74, 6) is 0.467. The molecule has 0 atom stereocenters. The molecular weight excluding hydrogens is 298 g/mol. The van der Waals surface area contributed by atoms with Crippen molar-refractivity contribution in [3.63, 3.8) is 0 Å². The van der Waals surface area contributed by atoms with Crippen LogP contribution in [-0.2, 0) is 4.79 Å². The SMILES string of the molecule is O=C(COc1cccc2ccccc12)Nc1cccc(Cl)c1. The van der Waals surface area contributed by atoms with Crippen molar-refractivity contribution in [3.8, 4) is 5.75 Å². The maximum Gasteiger partial charge on any atom is 0.262 e. The molecule has 3 aromatic rings. The Kier molecular flexibility index (Phi) is 4.26. The van der Waals surface area contributed by atoms with Crippen LogP contribution < -0.4 is 10.1 Å². The number of hydrogen-bond acceptors (Lipinski definition) is 2. The van der Waals surface area contributed by atoms with E-state index in [1.165, 1.54) is 0 Å². The third-order valence-corrected chi connectivity index (χ3v) is 3.45. The van der Waals surface area contributed by atoms with Gasteiger partial charge in [-0.25, -0.2) is 0 Å². The molecule has 3 rings (SSSR count). The number of carbonyl (C=O) groups is 1. The highest BCUT2D eigenvalue weighted by Gasteiger charge is 2.06. The van der Waals surface area contributed by atoms with Gasteiger partial charge in [-0.3, -0.25) is 4.79 Å². The molecule has 0 radical (unpaired) electrons. The van der Waals surface area contributed by atoms with Crippen molar-refractivity contribution in [1.82, 2.24) is 0 Å². The Morgan fingerprint density at radius 3 is 2.64 bits per heavy atom. The quantitative estimate of drug-likeness (QED) is 0.770. The number of ether oxygens (including phenoxy) is 1. The van der Waals surface area contributed by atoms with Crippen molar-refractivity contribution in [2.24, 2.45) is 0 Å². The fraction of sp³-hybridized carbons (Fsp3) is 0.0556. The summed E-state index contributed by atoms with van der Waals surface area (Å²) >= 11 is 5.88. The highest BCUT2D eigenvalue weighted by Crippen LogP contribution is 2.25. The summed E-state index contributed by atoms with van der Waals surface area (Å²) in [5.41, 5.74) is 0.652. The van der Waals surface area contributed by atoms with Gasteiger partial charge in [0.1, 0.15) is 5.75 Å². The highest BCUT2D eigenvalue weighted by molar-refractivity contribution is 6.30. The summed E-state index contributed by atoms with van der Waals surface area (Å²) in [4.78, 5) is 12.0. The van der Waals surface area contributed by atoms with Crippen LogP contribution in [0.5, 0.6) is 5.75 Å². The number of amides is 1. The Bertz CT molecular complexity index is 812. The summed E-state index contributed by atoms with van der Waals surface area (Å²) in [6.07, 6.45) is 0. The molecule has 0 fully saturated rings. The van der Waals surface area contributed by atoms with E-state index in [0.717, 1.165) is 10.8 Å². The zero-order valence-electron chi connectivity index (χ0n) is 11.8. The maximum atomic E-state index is 12.0. The van der Waals surface area contributed by atoms with Crippen molar-refractivity contribution in [3.05, 3.63) is 71.8 Å². The lowest BCUT2D eigenvalue weighted by molar-refractivity contribution is -0.118. The zero-order chi connectivity index (χ0) is 15.4. The van der Waals surface area contributed by atoms with E-state index in [1.54, 1.807) is 24.3 Å². The van der Waals surface area contributed by atoms with E-state index < -0.39 is 0 Å². The number of hydrogen-bond donors (Lipinski definition) is 1. The Labute approximate surface area is 133 Å². The number of nitrogens with one attached hydrogen (secondary N) is 1. The lowest BCUT2D eigenvalue weighted by atomic mass is 10.1. The first-order valence-electron chi connectivity index (χ1n) is 6.88. The normalized spacial score (nSPS) is 10.4. The molecule has 1 N–H and O–H groups in total. The standard InChI is InChI=1S/C18H14ClNO2/c19-14-7-4-8-15(11-14)20-18(21)12-22-17-10-3-6-13-5-1-2-9-16(13)17/h1-11H,12H2,(H,20,21). The molecule has 0 saturated carbocycles. The summed E-state index contributed by atoms with van der Waals surface area (Å²) in [6, 6.07) is 20.7. The van der Waals surface area contributed by atoms with Crippen molar-refractivity contribution < 1.29 is 9.53 Å². The number of anilines is 1. The minimum atomic E-state index is -0.227. The minimum absolute atomic E-state index is 0.0550. The average Bonchev–Trinajstić information content (AvgIpc) is 2.53. The van der Waals surface area contributed by atoms with Crippen molar-refractivity contribution >= 4 is 34.0 Å². The molecule has 0 aromatic heterocycles. The van der Waals surface area contributed by atoms with Gasteiger partial charge in [0.25, 0.3) is 5.91 Å². The van der Waals surface area contributed by atoms with Gasteiger partial charge >= 0.3 is 0 Å². The van der Waals surface area contributed by atoms with E-state index in [2.05, 4.69) is 5.32 Å². The van der Waals surface area contributed by atoms with Gasteiger partial charge in [0.05, 0.1) is 0 Å². The minimum Gasteiger partial charge on any atom is -0.483 e. The third-order valence-electron chi connectivity index (χ3n) is 3.22. The second kappa shape index (κ2) is 6.50. The molecule has 0 heterocycles. The van der Waals surface area contributed by atoms with Crippen molar-refractivity contribution in [2.45, 2.75) is 0 Å². The van der Waals surface area contributed by atoms with Gasteiger partial charge in [0, 0.05) is 16.1 Å². The largest absolute Gasteiger partial charge is 0.483 e. The maximum absolute atomic E-state index is 12.0. The molecule has 0 aliphatic carbocycles. The van der Waals surface area contributed by atoms with E-state index in [1.807, 2.05) is 42.5 Å². The first-order valence-corrected chi connectivity index (χ1v) is 7.26. The second-order valence-corrected chi connectivity index (χ2v) is 5.26. The van der Waals surface area contributed by atoms with E-state index >= 15 is 0 Å². The number of benzene rings is 3. The molecule has 110 valence electrons. The Hall–Kier alpha value is -2.52. The van der Waals surface area contributed by atoms with Crippen LogP contribution in [0, 0.1) is 0 Å². The summed E-state index contributed by atoms with van der Waals surface area (Å²) < 4.78 is 5.64. The lowest BCUT2D eigenvalue weighted by Gasteiger charge is -2.10. The lowest BCUT2D eigenvalue weighted by Crippen LogP contribution is -2.20. The third kappa shape index (κ3) is 3.38. The average molecular weight is 312 g/mol. The molecule has 0 aliphatic heterocycles. The van der Waals surface area contributed by atoms with E-state index in [-0.39, 0.29) is 12.5 Å². The van der Waals surface area contributed by atoms with Gasteiger partial charge in [0.15, 0.2) is 6.61 Å². The van der Waals surface area contributed by atoms with Crippen LogP contribution in [0.25, 0.3) is 10.8 Å². The monoisotopic (exact) mass is 311 g/mol. The first kappa shape index (κ1) is 14.4. The van der Waals surface area contributed by atoms with Crippen molar-refractivity contribution in [2.75, 3.05) is 11.9 Å². The summed E-state index contributed by atoms with van der Waals surface area (Å²) in [7, 11) is 0. The topological polar surface area (TPSA) is 38.3 Å². The molecule has 3 aromatic carbocycles. The highest BCUT2D eigenvalue weighted by atomic mass is 35.5. The fourth-order valence-electron chi connectivity index (χ4n) is 2.23. The van der Waals surface area contributed by atoms with Crippen LogP contribution in [0.2, 0.25) is 5.02 Å². The van der Waals surface area contributed by atoms with Crippen LogP contribution in [0.4, 0.5) is 5.69 Å². The van der Waals surface area contributed by atoms with Crippen LogP contribution in [0.1, 0.15) is 0 Å². The van der Waals surface area contributed by atoms with Crippen molar-refractivity contribution in [1.29, 1.82) is 0 Å². The Morgan fingerprint density at radius 1 is 1.00 bits per heavy atom. The Morgan fingerprint density at radius 2 is 1.77 bits per heavy atom. The molecule has 1 amide bonds. The van der Waals surface area contributed by atoms with Crippen LogP contribution in [0.15, 0.2) is 66.7 Å². The Balaban J connectivity index is 1.68. The second-order valence-electron chi connectivity index (χ2n) is 4.82. The molecular formula is C18H14ClNO2. The molecule has 0 aliphatic rings. The van der Waals surface area contributed by atoms with Gasteiger partial charge in [-0.1, -0.05) is 54.1 Å². The number of rotatable bonds is 4. The van der Waals surface area contributed by atoms with Gasteiger partial charge in [-0.15, -0.1) is 0 Å². The van der Waals surface area contributed by atoms with Gasteiger partial charge < -0.3 is 10.1 Å². The van der Waals surface area contributed by atoms with Gasteiger partial charge in [-0.05, 0) is 29.7 Å². The molecule has 0 bridgehead atoms. The van der Waals surface area contributed by atoms with Gasteiger partial charge in [0.2, 0.25) is 0 Å². The molecule has 0 spiro atoms. The van der Waals surface area contributed by atoms with Crippen LogP contribution in [-0.4, -0.2) is 12.5 Å². The molecule has 4 heteroatoms. The van der Waals surface area contributed by atoms with E-state index in [9.17, 15) is 4.79 Å². The van der Waals surface area contributed by atoms with Crippen LogP contribution >= 0.6 is 11.6 Å². The van der Waals surface area contributed by atoms with E-state index in [0.29, 0.717) is 16.5 Å². The zero-order valence-corrected chi connectivity index (χ0v) is 12.5. The fourth-order valence-corrected chi connectivity index (χ4v) is 2.42. The van der Waals surface area contributed by atoms with Gasteiger partial charge in [-0.2, -0.15) is 0 Å². The first-order chi connectivity index (χ1) is 10.7. The summed E-state index contributed by atoms with van der Waals surface area (Å²) in [5, 5.41) is 5.39. The van der Waals surface area contributed by atoms with E-state index in [4.69, 9.17) is 16.3 Å². The number of halogens is 1. The predicted molar refractivity (Wildman–Crippen MR) is 89.5 cm³/mol. The smallest absolute Gasteiger partial charge is 0.262 e. The molecule has 0 unspecified atom stereocenters. The number of carbonyl (C=O) groups excluding carboxylic acids is 1. The molecule has 22 heavy (non-hydrogen) atoms. The molecule has 0 saturated heterocycles.